The molecular weight excluding hydrogens is 254 g/mol. The third kappa shape index (κ3) is 2.21. The van der Waals surface area contributed by atoms with Crippen LogP contribution in [-0.2, 0) is 0 Å². The van der Waals surface area contributed by atoms with Crippen molar-refractivity contribution in [3.8, 4) is 0 Å². The molecule has 0 saturated carbocycles. The number of carbonyl (C=O) groups excluding carboxylic acids is 2. The number of amides is 2. The Kier molecular flexibility index (Phi) is 3.09. The van der Waals surface area contributed by atoms with Gasteiger partial charge >= 0.3 is 0 Å². The molecule has 5 nitrogen and oxygen atoms in total. The van der Waals surface area contributed by atoms with E-state index in [9.17, 15) is 9.59 Å². The molecule has 100 valence electrons. The van der Waals surface area contributed by atoms with E-state index in [0.717, 1.165) is 5.69 Å². The number of nitrogens with one attached hydrogen (secondary N) is 2. The van der Waals surface area contributed by atoms with Crippen molar-refractivity contribution >= 4 is 17.5 Å². The molecule has 1 heterocycles. The summed E-state index contributed by atoms with van der Waals surface area (Å²) < 4.78 is 0. The van der Waals surface area contributed by atoms with E-state index < -0.39 is 0 Å². The van der Waals surface area contributed by atoms with Crippen LogP contribution in [0.5, 0.6) is 0 Å². The summed E-state index contributed by atoms with van der Waals surface area (Å²) in [5.41, 5.74) is 4.45. The van der Waals surface area contributed by atoms with Crippen molar-refractivity contribution < 1.29 is 9.59 Å². The number of fused-ring (bicyclic) bond motifs is 1. The Morgan fingerprint density at radius 2 is 1.75 bits per heavy atom. The molecule has 2 aromatic rings. The molecular formula is C15H13N3O2. The first-order valence-electron chi connectivity index (χ1n) is 6.26. The van der Waals surface area contributed by atoms with Gasteiger partial charge in [-0.1, -0.05) is 30.3 Å². The highest BCUT2D eigenvalue weighted by Crippen LogP contribution is 2.20. The SMILES string of the molecule is O=C(NN1CNc2ccccc2C1=O)c1ccccc1. The molecule has 0 fully saturated rings. The number of hydrogen-bond acceptors (Lipinski definition) is 3. The molecule has 0 unspecified atom stereocenters. The molecule has 1 aliphatic rings. The Morgan fingerprint density at radius 1 is 1.05 bits per heavy atom. The second kappa shape index (κ2) is 5.05. The number of nitrogens with zero attached hydrogens (tertiary/aromatic N) is 1. The quantitative estimate of drug-likeness (QED) is 0.873. The Balaban J connectivity index is 1.77. The fourth-order valence-electron chi connectivity index (χ4n) is 2.07. The lowest BCUT2D eigenvalue weighted by atomic mass is 10.1. The van der Waals surface area contributed by atoms with E-state index in [2.05, 4.69) is 10.7 Å². The van der Waals surface area contributed by atoms with E-state index in [1.165, 1.54) is 5.01 Å². The van der Waals surface area contributed by atoms with Gasteiger partial charge in [-0.2, -0.15) is 0 Å². The monoisotopic (exact) mass is 267 g/mol. The minimum Gasteiger partial charge on any atom is -0.366 e. The normalized spacial score (nSPS) is 13.4. The molecule has 2 N–H and O–H groups in total. The highest BCUT2D eigenvalue weighted by molar-refractivity contribution is 6.03. The summed E-state index contributed by atoms with van der Waals surface area (Å²) in [6.07, 6.45) is 0. The zero-order chi connectivity index (χ0) is 13.9. The topological polar surface area (TPSA) is 61.4 Å². The van der Waals surface area contributed by atoms with Gasteiger partial charge in [0.1, 0.15) is 6.67 Å². The summed E-state index contributed by atoms with van der Waals surface area (Å²) in [5, 5.41) is 4.37. The molecule has 1 aliphatic heterocycles. The fourth-order valence-corrected chi connectivity index (χ4v) is 2.07. The van der Waals surface area contributed by atoms with E-state index in [4.69, 9.17) is 0 Å². The summed E-state index contributed by atoms with van der Waals surface area (Å²) in [7, 11) is 0. The molecule has 0 bridgehead atoms. The number of carbonyl (C=O) groups is 2. The summed E-state index contributed by atoms with van der Waals surface area (Å²) in [6.45, 7) is 0.244. The van der Waals surface area contributed by atoms with Gasteiger partial charge in [0.25, 0.3) is 11.8 Å². The molecule has 0 atom stereocenters. The van der Waals surface area contributed by atoms with Crippen LogP contribution in [0.25, 0.3) is 0 Å². The fraction of sp³-hybridized carbons (Fsp3) is 0.0667. The lowest BCUT2D eigenvalue weighted by Gasteiger charge is -2.29. The lowest BCUT2D eigenvalue weighted by Crippen LogP contribution is -2.51. The van der Waals surface area contributed by atoms with E-state index in [1.54, 1.807) is 36.4 Å². The molecule has 2 amide bonds. The van der Waals surface area contributed by atoms with Gasteiger partial charge in [-0.25, -0.2) is 5.01 Å². The van der Waals surface area contributed by atoms with Crippen LogP contribution < -0.4 is 10.7 Å². The predicted molar refractivity (Wildman–Crippen MR) is 75.0 cm³/mol. The summed E-state index contributed by atoms with van der Waals surface area (Å²) >= 11 is 0. The van der Waals surface area contributed by atoms with Crippen molar-refractivity contribution in [3.63, 3.8) is 0 Å². The van der Waals surface area contributed by atoms with Crippen molar-refractivity contribution in [2.45, 2.75) is 0 Å². The molecule has 5 heteroatoms. The standard InChI is InChI=1S/C15H13N3O2/c19-14(11-6-2-1-3-7-11)17-18-10-16-13-9-5-4-8-12(13)15(18)20/h1-9,16H,10H2,(H,17,19). The maximum Gasteiger partial charge on any atom is 0.276 e. The van der Waals surface area contributed by atoms with Crippen LogP contribution >= 0.6 is 0 Å². The lowest BCUT2D eigenvalue weighted by molar-refractivity contribution is 0.0589. The van der Waals surface area contributed by atoms with Crippen LogP contribution in [0, 0.1) is 0 Å². The van der Waals surface area contributed by atoms with Crippen LogP contribution in [0.3, 0.4) is 0 Å². The molecule has 0 aliphatic carbocycles. The minimum atomic E-state index is -0.305. The Hall–Kier alpha value is -2.82. The molecule has 0 spiro atoms. The molecule has 0 radical (unpaired) electrons. The van der Waals surface area contributed by atoms with Crippen molar-refractivity contribution in [3.05, 3.63) is 65.7 Å². The molecule has 3 rings (SSSR count). The third-order valence-electron chi connectivity index (χ3n) is 3.10. The zero-order valence-electron chi connectivity index (χ0n) is 10.7. The third-order valence-corrected chi connectivity index (χ3v) is 3.10. The minimum absolute atomic E-state index is 0.219. The van der Waals surface area contributed by atoms with Crippen molar-refractivity contribution in [2.75, 3.05) is 12.0 Å². The van der Waals surface area contributed by atoms with Gasteiger partial charge in [-0.15, -0.1) is 0 Å². The summed E-state index contributed by atoms with van der Waals surface area (Å²) in [6, 6.07) is 16.0. The van der Waals surface area contributed by atoms with Gasteiger partial charge in [0.15, 0.2) is 0 Å². The van der Waals surface area contributed by atoms with Crippen LogP contribution in [0.1, 0.15) is 20.7 Å². The number of rotatable bonds is 2. The number of benzene rings is 2. The second-order valence-corrected chi connectivity index (χ2v) is 4.42. The first-order valence-corrected chi connectivity index (χ1v) is 6.26. The highest BCUT2D eigenvalue weighted by Gasteiger charge is 2.25. The smallest absolute Gasteiger partial charge is 0.276 e. The van der Waals surface area contributed by atoms with E-state index in [-0.39, 0.29) is 18.5 Å². The van der Waals surface area contributed by atoms with Crippen LogP contribution in [0.4, 0.5) is 5.69 Å². The second-order valence-electron chi connectivity index (χ2n) is 4.42. The van der Waals surface area contributed by atoms with Gasteiger partial charge in [0.2, 0.25) is 0 Å². The van der Waals surface area contributed by atoms with Crippen LogP contribution in [0.2, 0.25) is 0 Å². The Morgan fingerprint density at radius 3 is 2.55 bits per heavy atom. The average Bonchev–Trinajstić information content (AvgIpc) is 2.51. The van der Waals surface area contributed by atoms with Gasteiger partial charge < -0.3 is 5.32 Å². The average molecular weight is 267 g/mol. The maximum absolute atomic E-state index is 12.3. The summed E-state index contributed by atoms with van der Waals surface area (Å²) in [5.74, 6) is -0.524. The Labute approximate surface area is 116 Å². The zero-order valence-corrected chi connectivity index (χ0v) is 10.7. The number of hydrazine groups is 1. The largest absolute Gasteiger partial charge is 0.366 e. The predicted octanol–water partition coefficient (Wildman–Crippen LogP) is 1.86. The number of para-hydroxylation sites is 1. The maximum atomic E-state index is 12.3. The Bertz CT molecular complexity index is 655. The molecule has 20 heavy (non-hydrogen) atoms. The highest BCUT2D eigenvalue weighted by atomic mass is 16.2. The number of anilines is 1. The molecule has 2 aromatic carbocycles. The van der Waals surface area contributed by atoms with Crippen molar-refractivity contribution in [2.24, 2.45) is 0 Å². The molecule has 0 saturated heterocycles. The van der Waals surface area contributed by atoms with Gasteiger partial charge in [0.05, 0.1) is 5.56 Å². The van der Waals surface area contributed by atoms with E-state index in [0.29, 0.717) is 11.1 Å². The number of hydrogen-bond donors (Lipinski definition) is 2. The van der Waals surface area contributed by atoms with Gasteiger partial charge in [-0.3, -0.25) is 15.0 Å². The van der Waals surface area contributed by atoms with Crippen LogP contribution in [0.15, 0.2) is 54.6 Å². The van der Waals surface area contributed by atoms with Crippen LogP contribution in [-0.4, -0.2) is 23.5 Å². The van der Waals surface area contributed by atoms with Gasteiger partial charge in [0, 0.05) is 11.3 Å². The first-order chi connectivity index (χ1) is 9.75. The van der Waals surface area contributed by atoms with Gasteiger partial charge in [-0.05, 0) is 24.3 Å². The first kappa shape index (κ1) is 12.2. The van der Waals surface area contributed by atoms with E-state index >= 15 is 0 Å². The summed E-state index contributed by atoms with van der Waals surface area (Å²) in [4.78, 5) is 24.3. The van der Waals surface area contributed by atoms with E-state index in [1.807, 2.05) is 18.2 Å². The van der Waals surface area contributed by atoms with Crippen molar-refractivity contribution in [1.82, 2.24) is 10.4 Å². The van der Waals surface area contributed by atoms with Crippen molar-refractivity contribution in [1.29, 1.82) is 0 Å². The molecule has 0 aromatic heterocycles.